The maximum absolute atomic E-state index is 12.2. The SMILES string of the molecule is CCc1nsc(N2CCN(C(=NC)NCCc3cccc(C(=O)N(C)C)c3)CC2)n1. The molecule has 8 nitrogen and oxygen atoms in total. The van der Waals surface area contributed by atoms with Gasteiger partial charge >= 0.3 is 0 Å². The van der Waals surface area contributed by atoms with Crippen LogP contribution in [-0.4, -0.2) is 84.9 Å². The quantitative estimate of drug-likeness (QED) is 0.557. The van der Waals surface area contributed by atoms with Crippen LogP contribution in [0.15, 0.2) is 29.3 Å². The van der Waals surface area contributed by atoms with E-state index >= 15 is 0 Å². The molecule has 30 heavy (non-hydrogen) atoms. The van der Waals surface area contributed by atoms with Crippen LogP contribution in [0.3, 0.4) is 0 Å². The molecule has 0 saturated carbocycles. The van der Waals surface area contributed by atoms with E-state index in [1.165, 1.54) is 11.5 Å². The Morgan fingerprint density at radius 3 is 2.67 bits per heavy atom. The number of guanidine groups is 1. The zero-order valence-corrected chi connectivity index (χ0v) is 19.1. The molecule has 0 spiro atoms. The summed E-state index contributed by atoms with van der Waals surface area (Å²) in [4.78, 5) is 27.4. The molecule has 0 bridgehead atoms. The Morgan fingerprint density at radius 2 is 2.03 bits per heavy atom. The number of carbonyl (C=O) groups is 1. The molecule has 1 N–H and O–H groups in total. The van der Waals surface area contributed by atoms with Crippen molar-refractivity contribution in [1.82, 2.24) is 24.5 Å². The van der Waals surface area contributed by atoms with E-state index in [0.717, 1.165) is 73.6 Å². The number of carbonyl (C=O) groups excluding carboxylic acids is 1. The number of benzene rings is 1. The summed E-state index contributed by atoms with van der Waals surface area (Å²) in [5.41, 5.74) is 1.86. The molecule has 1 aliphatic heterocycles. The van der Waals surface area contributed by atoms with Gasteiger partial charge in [0.1, 0.15) is 5.82 Å². The molecule has 3 rings (SSSR count). The van der Waals surface area contributed by atoms with E-state index in [-0.39, 0.29) is 5.91 Å². The lowest BCUT2D eigenvalue weighted by molar-refractivity contribution is 0.0827. The Labute approximate surface area is 182 Å². The Bertz CT molecular complexity index is 872. The predicted octanol–water partition coefficient (Wildman–Crippen LogP) is 1.74. The Balaban J connectivity index is 1.49. The summed E-state index contributed by atoms with van der Waals surface area (Å²) in [5.74, 6) is 1.87. The fourth-order valence-electron chi connectivity index (χ4n) is 3.40. The van der Waals surface area contributed by atoms with Crippen molar-refractivity contribution in [2.45, 2.75) is 19.8 Å². The second kappa shape index (κ2) is 10.4. The van der Waals surface area contributed by atoms with Gasteiger partial charge in [-0.15, -0.1) is 0 Å². The van der Waals surface area contributed by atoms with E-state index < -0.39 is 0 Å². The molecule has 0 atom stereocenters. The van der Waals surface area contributed by atoms with Crippen molar-refractivity contribution in [3.8, 4) is 0 Å². The van der Waals surface area contributed by atoms with E-state index in [4.69, 9.17) is 0 Å². The molecule has 1 aromatic heterocycles. The maximum atomic E-state index is 12.2. The van der Waals surface area contributed by atoms with Gasteiger partial charge in [0, 0.05) is 77.4 Å². The highest BCUT2D eigenvalue weighted by Crippen LogP contribution is 2.19. The van der Waals surface area contributed by atoms with E-state index in [9.17, 15) is 4.79 Å². The van der Waals surface area contributed by atoms with Crippen molar-refractivity contribution in [3.05, 3.63) is 41.2 Å². The van der Waals surface area contributed by atoms with Crippen molar-refractivity contribution in [2.75, 3.05) is 58.8 Å². The first-order chi connectivity index (χ1) is 14.5. The van der Waals surface area contributed by atoms with Crippen LogP contribution in [0, 0.1) is 0 Å². The number of amides is 1. The summed E-state index contributed by atoms with van der Waals surface area (Å²) in [5, 5.41) is 4.48. The van der Waals surface area contributed by atoms with Crippen molar-refractivity contribution in [3.63, 3.8) is 0 Å². The van der Waals surface area contributed by atoms with E-state index in [0.29, 0.717) is 0 Å². The molecule has 0 unspecified atom stereocenters. The molecule has 0 aliphatic carbocycles. The Hall–Kier alpha value is -2.68. The van der Waals surface area contributed by atoms with Crippen molar-refractivity contribution in [2.24, 2.45) is 4.99 Å². The minimum atomic E-state index is 0.0278. The molecular formula is C21H31N7OS. The zero-order valence-electron chi connectivity index (χ0n) is 18.3. The van der Waals surface area contributed by atoms with Crippen molar-refractivity contribution < 1.29 is 4.79 Å². The predicted molar refractivity (Wildman–Crippen MR) is 123 cm³/mol. The maximum Gasteiger partial charge on any atom is 0.253 e. The molecule has 2 heterocycles. The van der Waals surface area contributed by atoms with Gasteiger partial charge in [-0.05, 0) is 24.1 Å². The molecule has 1 amide bonds. The van der Waals surface area contributed by atoms with Gasteiger partial charge in [-0.2, -0.15) is 4.37 Å². The number of hydrogen-bond acceptors (Lipinski definition) is 6. The highest BCUT2D eigenvalue weighted by molar-refractivity contribution is 7.09. The molecule has 1 saturated heterocycles. The van der Waals surface area contributed by atoms with E-state index in [2.05, 4.69) is 42.5 Å². The third-order valence-electron chi connectivity index (χ3n) is 5.11. The number of aliphatic imine (C=N–C) groups is 1. The van der Waals surface area contributed by atoms with Gasteiger partial charge < -0.3 is 20.0 Å². The number of anilines is 1. The van der Waals surface area contributed by atoms with Crippen LogP contribution >= 0.6 is 11.5 Å². The third-order valence-corrected chi connectivity index (χ3v) is 5.93. The van der Waals surface area contributed by atoms with Crippen LogP contribution < -0.4 is 10.2 Å². The van der Waals surface area contributed by atoms with Crippen molar-refractivity contribution in [1.29, 1.82) is 0 Å². The molecule has 0 radical (unpaired) electrons. The number of piperazine rings is 1. The Kier molecular flexibility index (Phi) is 7.62. The minimum Gasteiger partial charge on any atom is -0.356 e. The summed E-state index contributed by atoms with van der Waals surface area (Å²) in [6, 6.07) is 7.83. The molecule has 2 aromatic rings. The number of nitrogens with one attached hydrogen (secondary N) is 1. The molecule has 162 valence electrons. The number of hydrogen-bond donors (Lipinski definition) is 1. The summed E-state index contributed by atoms with van der Waals surface area (Å²) >= 11 is 1.49. The Morgan fingerprint density at radius 1 is 1.27 bits per heavy atom. The summed E-state index contributed by atoms with van der Waals surface area (Å²) < 4.78 is 4.39. The van der Waals surface area contributed by atoms with Gasteiger partial charge in [-0.3, -0.25) is 9.79 Å². The molecule has 9 heteroatoms. The minimum absolute atomic E-state index is 0.0278. The van der Waals surface area contributed by atoms with Gasteiger partial charge in [0.15, 0.2) is 5.96 Å². The lowest BCUT2D eigenvalue weighted by Gasteiger charge is -2.36. The molecule has 1 fully saturated rings. The van der Waals surface area contributed by atoms with Crippen LogP contribution in [0.25, 0.3) is 0 Å². The normalized spacial score (nSPS) is 14.7. The highest BCUT2D eigenvalue weighted by Gasteiger charge is 2.22. The fourth-order valence-corrected chi connectivity index (χ4v) is 4.20. The van der Waals surface area contributed by atoms with Gasteiger partial charge in [0.05, 0.1) is 0 Å². The zero-order chi connectivity index (χ0) is 21.5. The lowest BCUT2D eigenvalue weighted by atomic mass is 10.1. The number of nitrogens with zero attached hydrogens (tertiary/aromatic N) is 6. The summed E-state index contributed by atoms with van der Waals surface area (Å²) in [6.07, 6.45) is 1.71. The molecule has 1 aromatic carbocycles. The van der Waals surface area contributed by atoms with Crippen LogP contribution in [0.5, 0.6) is 0 Å². The first-order valence-corrected chi connectivity index (χ1v) is 11.1. The average Bonchev–Trinajstić information content (AvgIpc) is 3.26. The smallest absolute Gasteiger partial charge is 0.253 e. The van der Waals surface area contributed by atoms with Crippen LogP contribution in [0.4, 0.5) is 5.13 Å². The van der Waals surface area contributed by atoms with E-state index in [1.807, 2.05) is 25.2 Å². The second-order valence-electron chi connectivity index (χ2n) is 7.44. The standard InChI is InChI=1S/C21H31N7OS/c1-5-18-24-21(30-25-18)28-13-11-27(12-14-28)20(22-2)23-10-9-16-7-6-8-17(15-16)19(29)26(3)4/h6-8,15H,5,9-14H2,1-4H3,(H,22,23). The van der Waals surface area contributed by atoms with Crippen LogP contribution in [-0.2, 0) is 12.8 Å². The number of aromatic nitrogens is 2. The molecule has 1 aliphatic rings. The van der Waals surface area contributed by atoms with Crippen molar-refractivity contribution >= 4 is 28.5 Å². The highest BCUT2D eigenvalue weighted by atomic mass is 32.1. The first-order valence-electron chi connectivity index (χ1n) is 10.4. The van der Waals surface area contributed by atoms with Gasteiger partial charge in [0.2, 0.25) is 5.13 Å². The fraction of sp³-hybridized carbons (Fsp3) is 0.524. The molecular weight excluding hydrogens is 398 g/mol. The topological polar surface area (TPSA) is 77.0 Å². The van der Waals surface area contributed by atoms with E-state index in [1.54, 1.807) is 19.0 Å². The number of rotatable bonds is 6. The largest absolute Gasteiger partial charge is 0.356 e. The average molecular weight is 430 g/mol. The van der Waals surface area contributed by atoms with Gasteiger partial charge in [0.25, 0.3) is 5.91 Å². The monoisotopic (exact) mass is 429 g/mol. The first kappa shape index (κ1) is 22.0. The van der Waals surface area contributed by atoms with Gasteiger partial charge in [-0.1, -0.05) is 19.1 Å². The third kappa shape index (κ3) is 5.47. The summed E-state index contributed by atoms with van der Waals surface area (Å²) in [7, 11) is 5.37. The van der Waals surface area contributed by atoms with Crippen LogP contribution in [0.1, 0.15) is 28.7 Å². The van der Waals surface area contributed by atoms with Gasteiger partial charge in [-0.25, -0.2) is 4.98 Å². The lowest BCUT2D eigenvalue weighted by Crippen LogP contribution is -2.52. The van der Waals surface area contributed by atoms with Crippen LogP contribution in [0.2, 0.25) is 0 Å². The number of aryl methyl sites for hydroxylation is 1. The second-order valence-corrected chi connectivity index (χ2v) is 8.18. The summed E-state index contributed by atoms with van der Waals surface area (Å²) in [6.45, 7) is 6.46.